The van der Waals surface area contributed by atoms with Crippen LogP contribution < -0.4 is 0 Å². The van der Waals surface area contributed by atoms with E-state index in [0.29, 0.717) is 18.9 Å². The quantitative estimate of drug-likeness (QED) is 0.723. The van der Waals surface area contributed by atoms with Crippen LogP contribution in [0.25, 0.3) is 0 Å². The Morgan fingerprint density at radius 1 is 1.53 bits per heavy atom. The van der Waals surface area contributed by atoms with E-state index >= 15 is 0 Å². The molecule has 0 spiro atoms. The lowest BCUT2D eigenvalue weighted by Gasteiger charge is -2.42. The molecular weight excluding hydrogens is 192 g/mol. The van der Waals surface area contributed by atoms with Gasteiger partial charge in [-0.3, -0.25) is 0 Å². The molecule has 1 rings (SSSR count). The van der Waals surface area contributed by atoms with E-state index in [2.05, 4.69) is 13.8 Å². The highest BCUT2D eigenvalue weighted by atomic mass is 16.7. The number of Topliss-reactive ketones (excluding diaryl/α,β-unsaturated/α-hetero) is 1. The Labute approximate surface area is 92.1 Å². The van der Waals surface area contributed by atoms with Crippen LogP contribution in [0.3, 0.4) is 0 Å². The van der Waals surface area contributed by atoms with E-state index in [1.54, 1.807) is 6.92 Å². The van der Waals surface area contributed by atoms with E-state index in [1.807, 2.05) is 13.8 Å². The summed E-state index contributed by atoms with van der Waals surface area (Å²) in [5, 5.41) is 0. The molecule has 0 radical (unpaired) electrons. The first-order valence-electron chi connectivity index (χ1n) is 5.63. The first-order valence-corrected chi connectivity index (χ1v) is 5.63. The fourth-order valence-electron chi connectivity index (χ4n) is 2.15. The lowest BCUT2D eigenvalue weighted by Crippen LogP contribution is -2.47. The Morgan fingerprint density at radius 2 is 2.13 bits per heavy atom. The van der Waals surface area contributed by atoms with Crippen LogP contribution in [0.15, 0.2) is 0 Å². The molecule has 0 saturated carbocycles. The molecule has 0 aliphatic carbocycles. The minimum Gasteiger partial charge on any atom is -0.350 e. The highest BCUT2D eigenvalue weighted by molar-refractivity contribution is 5.75. The van der Waals surface area contributed by atoms with Gasteiger partial charge in [-0.15, -0.1) is 0 Å². The zero-order chi connectivity index (χ0) is 11.6. The average Bonchev–Trinajstić information content (AvgIpc) is 2.08. The van der Waals surface area contributed by atoms with Crippen LogP contribution >= 0.6 is 0 Å². The number of rotatable bonds is 3. The Balaban J connectivity index is 2.61. The molecule has 3 atom stereocenters. The highest BCUT2D eigenvalue weighted by Crippen LogP contribution is 2.31. The molecular formula is C12H22O3. The van der Waals surface area contributed by atoms with Crippen molar-refractivity contribution in [1.29, 1.82) is 0 Å². The summed E-state index contributed by atoms with van der Waals surface area (Å²) in [5.74, 6) is 0.332. The van der Waals surface area contributed by atoms with Gasteiger partial charge in [0.1, 0.15) is 5.78 Å². The maximum absolute atomic E-state index is 11.1. The molecule has 1 aliphatic heterocycles. The molecule has 3 heteroatoms. The molecule has 0 aromatic rings. The van der Waals surface area contributed by atoms with Crippen LogP contribution in [0.4, 0.5) is 0 Å². The Hall–Kier alpha value is -0.410. The fourth-order valence-corrected chi connectivity index (χ4v) is 2.15. The number of carbonyl (C=O) groups excluding carboxylic acids is 1. The van der Waals surface area contributed by atoms with Crippen LogP contribution in [0.2, 0.25) is 0 Å². The van der Waals surface area contributed by atoms with Crippen molar-refractivity contribution in [2.45, 2.75) is 52.9 Å². The largest absolute Gasteiger partial charge is 0.350 e. The van der Waals surface area contributed by atoms with Crippen LogP contribution in [-0.2, 0) is 14.3 Å². The van der Waals surface area contributed by atoms with Gasteiger partial charge < -0.3 is 14.3 Å². The minimum atomic E-state index is -0.512. The summed E-state index contributed by atoms with van der Waals surface area (Å²) in [6, 6.07) is 0. The average molecular weight is 214 g/mol. The lowest BCUT2D eigenvalue weighted by molar-refractivity contribution is -0.299. The predicted octanol–water partition coefficient (Wildman–Crippen LogP) is 2.39. The second-order valence-electron chi connectivity index (χ2n) is 5.15. The van der Waals surface area contributed by atoms with E-state index in [1.165, 1.54) is 0 Å². The van der Waals surface area contributed by atoms with Crippen molar-refractivity contribution in [3.05, 3.63) is 0 Å². The third-order valence-electron chi connectivity index (χ3n) is 2.84. The van der Waals surface area contributed by atoms with Gasteiger partial charge >= 0.3 is 0 Å². The summed E-state index contributed by atoms with van der Waals surface area (Å²) in [7, 11) is 0. The van der Waals surface area contributed by atoms with Gasteiger partial charge in [-0.25, -0.2) is 0 Å². The molecule has 0 aromatic carbocycles. The molecule has 1 aliphatic rings. The van der Waals surface area contributed by atoms with Gasteiger partial charge in [0.15, 0.2) is 5.79 Å². The van der Waals surface area contributed by atoms with Crippen molar-refractivity contribution >= 4 is 5.78 Å². The predicted molar refractivity (Wildman–Crippen MR) is 58.5 cm³/mol. The second kappa shape index (κ2) is 4.62. The zero-order valence-electron chi connectivity index (χ0n) is 10.4. The minimum absolute atomic E-state index is 0.123. The fraction of sp³-hybridized carbons (Fsp3) is 0.917. The summed E-state index contributed by atoms with van der Waals surface area (Å²) >= 11 is 0. The third kappa shape index (κ3) is 3.58. The summed E-state index contributed by atoms with van der Waals surface area (Å²) in [6.07, 6.45) is 0.711. The summed E-state index contributed by atoms with van der Waals surface area (Å²) < 4.78 is 11.4. The van der Waals surface area contributed by atoms with Gasteiger partial charge in [-0.05, 0) is 26.7 Å². The molecule has 0 aromatic heterocycles. The number of hydrogen-bond donors (Lipinski definition) is 0. The molecule has 3 nitrogen and oxygen atoms in total. The maximum atomic E-state index is 11.1. The van der Waals surface area contributed by atoms with Crippen LogP contribution in [-0.4, -0.2) is 24.3 Å². The van der Waals surface area contributed by atoms with Crippen LogP contribution in [0, 0.1) is 11.8 Å². The molecule has 0 unspecified atom stereocenters. The maximum Gasteiger partial charge on any atom is 0.163 e. The zero-order valence-corrected chi connectivity index (χ0v) is 10.4. The first kappa shape index (κ1) is 12.7. The van der Waals surface area contributed by atoms with Crippen molar-refractivity contribution in [2.75, 3.05) is 6.61 Å². The van der Waals surface area contributed by atoms with Crippen molar-refractivity contribution in [2.24, 2.45) is 11.8 Å². The van der Waals surface area contributed by atoms with E-state index in [4.69, 9.17) is 9.47 Å². The van der Waals surface area contributed by atoms with Crippen molar-refractivity contribution in [3.8, 4) is 0 Å². The Morgan fingerprint density at radius 3 is 2.67 bits per heavy atom. The van der Waals surface area contributed by atoms with E-state index < -0.39 is 5.79 Å². The molecule has 15 heavy (non-hydrogen) atoms. The smallest absolute Gasteiger partial charge is 0.163 e. The summed E-state index contributed by atoms with van der Waals surface area (Å²) in [6.45, 7) is 10.4. The third-order valence-corrected chi connectivity index (χ3v) is 2.84. The Kier molecular flexibility index (Phi) is 3.90. The monoisotopic (exact) mass is 214 g/mol. The second-order valence-corrected chi connectivity index (χ2v) is 5.15. The number of hydrogen-bond acceptors (Lipinski definition) is 3. The highest BCUT2D eigenvalue weighted by Gasteiger charge is 2.37. The number of carbonyl (C=O) groups is 1. The van der Waals surface area contributed by atoms with Gasteiger partial charge in [0.05, 0.1) is 12.7 Å². The summed E-state index contributed by atoms with van der Waals surface area (Å²) in [5.41, 5.74) is 0. The first-order chi connectivity index (χ1) is 6.82. The Bertz CT molecular complexity index is 235. The van der Waals surface area contributed by atoms with Crippen molar-refractivity contribution < 1.29 is 14.3 Å². The standard InChI is InChI=1S/C12H22O3/c1-8(6-10(3)13)11-9(2)7-14-12(4,5)15-11/h8-9,11H,6-7H2,1-5H3/t8-,9-,11-/m0/s1. The molecule has 0 bridgehead atoms. The number of ether oxygens (including phenoxy) is 2. The van der Waals surface area contributed by atoms with E-state index in [9.17, 15) is 4.79 Å². The molecule has 1 fully saturated rings. The van der Waals surface area contributed by atoms with Crippen LogP contribution in [0.5, 0.6) is 0 Å². The van der Waals surface area contributed by atoms with E-state index in [0.717, 1.165) is 0 Å². The van der Waals surface area contributed by atoms with Gasteiger partial charge in [0.25, 0.3) is 0 Å². The molecule has 1 saturated heterocycles. The van der Waals surface area contributed by atoms with Gasteiger partial charge in [-0.2, -0.15) is 0 Å². The SMILES string of the molecule is CC(=O)C[C@H](C)[C@@H]1OC(C)(C)OC[C@@H]1C. The number of ketones is 1. The topological polar surface area (TPSA) is 35.5 Å². The van der Waals surface area contributed by atoms with Gasteiger partial charge in [0.2, 0.25) is 0 Å². The van der Waals surface area contributed by atoms with Crippen LogP contribution in [0.1, 0.15) is 41.0 Å². The molecule has 88 valence electrons. The molecule has 1 heterocycles. The summed E-state index contributed by atoms with van der Waals surface area (Å²) in [4.78, 5) is 11.1. The molecule has 0 amide bonds. The molecule has 0 N–H and O–H groups in total. The van der Waals surface area contributed by atoms with Gasteiger partial charge in [0, 0.05) is 12.3 Å². The van der Waals surface area contributed by atoms with Gasteiger partial charge in [-0.1, -0.05) is 13.8 Å². The van der Waals surface area contributed by atoms with E-state index in [-0.39, 0.29) is 17.8 Å². The normalized spacial score (nSPS) is 32.3. The lowest BCUT2D eigenvalue weighted by atomic mass is 9.89. The van der Waals surface area contributed by atoms with Crippen molar-refractivity contribution in [3.63, 3.8) is 0 Å². The van der Waals surface area contributed by atoms with Crippen molar-refractivity contribution in [1.82, 2.24) is 0 Å².